The molecule has 0 aliphatic rings. The molecular weight excluding hydrogens is 202 g/mol. The Morgan fingerprint density at radius 1 is 1.19 bits per heavy atom. The predicted molar refractivity (Wildman–Crippen MR) is 62.1 cm³/mol. The molecule has 2 rings (SSSR count). The summed E-state index contributed by atoms with van der Waals surface area (Å²) < 4.78 is 5.43. The second-order valence-electron chi connectivity index (χ2n) is 3.79. The van der Waals surface area contributed by atoms with Crippen LogP contribution in [-0.4, -0.2) is 5.11 Å². The molecule has 3 nitrogen and oxygen atoms in total. The molecule has 0 atom stereocenters. The summed E-state index contributed by atoms with van der Waals surface area (Å²) in [7, 11) is 0. The van der Waals surface area contributed by atoms with Crippen molar-refractivity contribution in [2.24, 2.45) is 0 Å². The Bertz CT molecular complexity index is 462. The summed E-state index contributed by atoms with van der Waals surface area (Å²) in [5.74, 6) is 2.15. The number of phenolic OH excluding ortho intramolecular Hbond substituents is 1. The van der Waals surface area contributed by atoms with E-state index in [0.29, 0.717) is 18.8 Å². The van der Waals surface area contributed by atoms with Gasteiger partial charge in [-0.2, -0.15) is 0 Å². The molecule has 0 spiro atoms. The third-order valence-electron chi connectivity index (χ3n) is 2.33. The van der Waals surface area contributed by atoms with Gasteiger partial charge < -0.3 is 14.8 Å². The van der Waals surface area contributed by atoms with Crippen molar-refractivity contribution >= 4 is 0 Å². The van der Waals surface area contributed by atoms with Crippen LogP contribution in [0.25, 0.3) is 0 Å². The van der Waals surface area contributed by atoms with E-state index in [2.05, 4.69) is 5.32 Å². The van der Waals surface area contributed by atoms with E-state index in [1.807, 2.05) is 31.2 Å². The van der Waals surface area contributed by atoms with Crippen LogP contribution in [0.5, 0.6) is 5.75 Å². The van der Waals surface area contributed by atoms with Gasteiger partial charge in [0.2, 0.25) is 0 Å². The Hall–Kier alpha value is -1.74. The zero-order chi connectivity index (χ0) is 11.4. The molecule has 0 unspecified atom stereocenters. The van der Waals surface area contributed by atoms with Gasteiger partial charge in [0.15, 0.2) is 0 Å². The van der Waals surface area contributed by atoms with Gasteiger partial charge in [-0.15, -0.1) is 0 Å². The number of benzene rings is 1. The highest BCUT2D eigenvalue weighted by Gasteiger charge is 1.98. The number of aromatic hydroxyl groups is 1. The maximum atomic E-state index is 9.29. The summed E-state index contributed by atoms with van der Waals surface area (Å²) in [5.41, 5.74) is 1.06. The van der Waals surface area contributed by atoms with Crippen molar-refractivity contribution in [1.29, 1.82) is 0 Å². The summed E-state index contributed by atoms with van der Waals surface area (Å²) >= 11 is 0. The van der Waals surface area contributed by atoms with Gasteiger partial charge in [-0.3, -0.25) is 0 Å². The Morgan fingerprint density at radius 3 is 2.75 bits per heavy atom. The molecule has 0 bridgehead atoms. The van der Waals surface area contributed by atoms with Gasteiger partial charge in [-0.25, -0.2) is 0 Å². The van der Waals surface area contributed by atoms with Crippen molar-refractivity contribution < 1.29 is 9.52 Å². The number of furan rings is 1. The van der Waals surface area contributed by atoms with Crippen molar-refractivity contribution in [2.45, 2.75) is 20.0 Å². The molecule has 1 aromatic heterocycles. The van der Waals surface area contributed by atoms with Crippen molar-refractivity contribution in [3.63, 3.8) is 0 Å². The topological polar surface area (TPSA) is 45.4 Å². The number of aryl methyl sites for hydroxylation is 1. The summed E-state index contributed by atoms with van der Waals surface area (Å²) in [6.45, 7) is 3.34. The third kappa shape index (κ3) is 2.87. The van der Waals surface area contributed by atoms with E-state index in [1.165, 1.54) is 0 Å². The second kappa shape index (κ2) is 4.86. The van der Waals surface area contributed by atoms with E-state index in [9.17, 15) is 5.11 Å². The molecule has 0 aliphatic heterocycles. The standard InChI is InChI=1S/C13H15NO2/c1-10-5-6-13(16-10)9-14-8-11-3-2-4-12(15)7-11/h2-7,14-15H,8-9H2,1H3. The van der Waals surface area contributed by atoms with Gasteiger partial charge in [0.1, 0.15) is 17.3 Å². The van der Waals surface area contributed by atoms with E-state index in [4.69, 9.17) is 4.42 Å². The normalized spacial score (nSPS) is 10.6. The SMILES string of the molecule is Cc1ccc(CNCc2cccc(O)c2)o1. The van der Waals surface area contributed by atoms with Gasteiger partial charge in [0.05, 0.1) is 6.54 Å². The highest BCUT2D eigenvalue weighted by Crippen LogP contribution is 2.11. The molecule has 0 amide bonds. The molecule has 0 fully saturated rings. The van der Waals surface area contributed by atoms with Gasteiger partial charge >= 0.3 is 0 Å². The van der Waals surface area contributed by atoms with Crippen LogP contribution in [0.2, 0.25) is 0 Å². The molecule has 84 valence electrons. The van der Waals surface area contributed by atoms with Crippen LogP contribution >= 0.6 is 0 Å². The van der Waals surface area contributed by atoms with Crippen molar-refractivity contribution in [3.05, 3.63) is 53.5 Å². The van der Waals surface area contributed by atoms with Crippen LogP contribution in [0, 0.1) is 6.92 Å². The van der Waals surface area contributed by atoms with Crippen LogP contribution in [-0.2, 0) is 13.1 Å². The van der Waals surface area contributed by atoms with Crippen LogP contribution < -0.4 is 5.32 Å². The first-order chi connectivity index (χ1) is 7.74. The molecule has 3 heteroatoms. The van der Waals surface area contributed by atoms with Gasteiger partial charge in [0.25, 0.3) is 0 Å². The van der Waals surface area contributed by atoms with Crippen LogP contribution in [0.3, 0.4) is 0 Å². The number of nitrogens with one attached hydrogen (secondary N) is 1. The lowest BCUT2D eigenvalue weighted by molar-refractivity contribution is 0.460. The zero-order valence-corrected chi connectivity index (χ0v) is 9.23. The molecule has 0 saturated heterocycles. The summed E-state index contributed by atoms with van der Waals surface area (Å²) in [4.78, 5) is 0. The summed E-state index contributed by atoms with van der Waals surface area (Å²) in [5, 5.41) is 12.5. The molecule has 2 N–H and O–H groups in total. The minimum absolute atomic E-state index is 0.299. The second-order valence-corrected chi connectivity index (χ2v) is 3.79. The maximum absolute atomic E-state index is 9.29. The lowest BCUT2D eigenvalue weighted by Crippen LogP contribution is -2.11. The fourth-order valence-corrected chi connectivity index (χ4v) is 1.58. The Balaban J connectivity index is 1.84. The lowest BCUT2D eigenvalue weighted by Gasteiger charge is -2.03. The van der Waals surface area contributed by atoms with Crippen molar-refractivity contribution in [2.75, 3.05) is 0 Å². The van der Waals surface area contributed by atoms with E-state index < -0.39 is 0 Å². The van der Waals surface area contributed by atoms with Gasteiger partial charge in [-0.1, -0.05) is 12.1 Å². The molecule has 1 heterocycles. The lowest BCUT2D eigenvalue weighted by atomic mass is 10.2. The van der Waals surface area contributed by atoms with Crippen molar-refractivity contribution in [3.8, 4) is 5.75 Å². The Labute approximate surface area is 94.7 Å². The Morgan fingerprint density at radius 2 is 2.06 bits per heavy atom. The minimum Gasteiger partial charge on any atom is -0.508 e. The highest BCUT2D eigenvalue weighted by atomic mass is 16.3. The van der Waals surface area contributed by atoms with Crippen molar-refractivity contribution in [1.82, 2.24) is 5.32 Å². The molecule has 0 radical (unpaired) electrons. The average molecular weight is 217 g/mol. The summed E-state index contributed by atoms with van der Waals surface area (Å²) in [6.07, 6.45) is 0. The van der Waals surface area contributed by atoms with E-state index in [1.54, 1.807) is 12.1 Å². The number of rotatable bonds is 4. The molecule has 1 aromatic carbocycles. The fraction of sp³-hybridized carbons (Fsp3) is 0.231. The molecular formula is C13H15NO2. The van der Waals surface area contributed by atoms with Crippen LogP contribution in [0.15, 0.2) is 40.8 Å². The number of phenols is 1. The van der Waals surface area contributed by atoms with E-state index >= 15 is 0 Å². The minimum atomic E-state index is 0.299. The largest absolute Gasteiger partial charge is 0.508 e. The Kier molecular flexibility index (Phi) is 3.27. The van der Waals surface area contributed by atoms with E-state index in [-0.39, 0.29) is 0 Å². The van der Waals surface area contributed by atoms with Crippen LogP contribution in [0.1, 0.15) is 17.1 Å². The molecule has 0 aliphatic carbocycles. The summed E-state index contributed by atoms with van der Waals surface area (Å²) in [6, 6.07) is 11.1. The van der Waals surface area contributed by atoms with Gasteiger partial charge in [-0.05, 0) is 36.8 Å². The molecule has 16 heavy (non-hydrogen) atoms. The quantitative estimate of drug-likeness (QED) is 0.827. The van der Waals surface area contributed by atoms with Crippen LogP contribution in [0.4, 0.5) is 0 Å². The first kappa shape index (κ1) is 10.8. The average Bonchev–Trinajstić information content (AvgIpc) is 2.64. The smallest absolute Gasteiger partial charge is 0.117 e. The monoisotopic (exact) mass is 217 g/mol. The fourth-order valence-electron chi connectivity index (χ4n) is 1.58. The first-order valence-corrected chi connectivity index (χ1v) is 5.28. The van der Waals surface area contributed by atoms with Gasteiger partial charge in [0, 0.05) is 6.54 Å². The number of hydrogen-bond acceptors (Lipinski definition) is 3. The maximum Gasteiger partial charge on any atom is 0.117 e. The molecule has 2 aromatic rings. The molecule has 0 saturated carbocycles. The predicted octanol–water partition coefficient (Wildman–Crippen LogP) is 2.58. The third-order valence-corrected chi connectivity index (χ3v) is 2.33. The highest BCUT2D eigenvalue weighted by molar-refractivity contribution is 5.26. The van der Waals surface area contributed by atoms with E-state index in [0.717, 1.165) is 17.1 Å². The number of hydrogen-bond donors (Lipinski definition) is 2. The zero-order valence-electron chi connectivity index (χ0n) is 9.23. The first-order valence-electron chi connectivity index (χ1n) is 5.28.